The Bertz CT molecular complexity index is 474. The Balaban J connectivity index is 2.30. The van der Waals surface area contributed by atoms with Gasteiger partial charge in [0.2, 0.25) is 0 Å². The van der Waals surface area contributed by atoms with E-state index in [0.717, 1.165) is 0 Å². The molecule has 0 radical (unpaired) electrons. The van der Waals surface area contributed by atoms with Gasteiger partial charge in [0, 0.05) is 5.02 Å². The van der Waals surface area contributed by atoms with Gasteiger partial charge in [0.15, 0.2) is 5.75 Å². The predicted molar refractivity (Wildman–Crippen MR) is 68.0 cm³/mol. The number of hydrogen-bond donors (Lipinski definition) is 0. The lowest BCUT2D eigenvalue weighted by molar-refractivity contribution is 0.483. The van der Waals surface area contributed by atoms with Crippen molar-refractivity contribution in [1.82, 2.24) is 0 Å². The van der Waals surface area contributed by atoms with Crippen molar-refractivity contribution in [2.24, 2.45) is 0 Å². The molecule has 2 aromatic carbocycles. The first-order valence-electron chi connectivity index (χ1n) is 4.54. The van der Waals surface area contributed by atoms with Crippen LogP contribution in [0.2, 0.25) is 15.1 Å². The maximum atomic E-state index is 5.98. The third-order valence-electron chi connectivity index (χ3n) is 1.95. The summed E-state index contributed by atoms with van der Waals surface area (Å²) in [5.41, 5.74) is 0. The van der Waals surface area contributed by atoms with E-state index >= 15 is 0 Å². The Hall–Kier alpha value is -0.890. The van der Waals surface area contributed by atoms with Crippen LogP contribution in [0.1, 0.15) is 0 Å². The minimum Gasteiger partial charge on any atom is -0.454 e. The molecule has 0 fully saturated rings. The Morgan fingerprint density at radius 2 is 1.31 bits per heavy atom. The molecule has 2 rings (SSSR count). The smallest absolute Gasteiger partial charge is 0.164 e. The van der Waals surface area contributed by atoms with Crippen molar-refractivity contribution < 1.29 is 4.74 Å². The fraction of sp³-hybridized carbons (Fsp3) is 0. The Labute approximate surface area is 109 Å². The number of para-hydroxylation sites is 1. The van der Waals surface area contributed by atoms with Crippen molar-refractivity contribution in [3.8, 4) is 11.5 Å². The normalized spacial score (nSPS) is 10.2. The van der Waals surface area contributed by atoms with Gasteiger partial charge >= 0.3 is 0 Å². The molecule has 0 aromatic heterocycles. The maximum Gasteiger partial charge on any atom is 0.164 e. The second-order valence-electron chi connectivity index (χ2n) is 3.11. The summed E-state index contributed by atoms with van der Waals surface area (Å²) in [5, 5.41) is 1.60. The van der Waals surface area contributed by atoms with Gasteiger partial charge in [-0.3, -0.25) is 0 Å². The zero-order chi connectivity index (χ0) is 11.5. The lowest BCUT2D eigenvalue weighted by Crippen LogP contribution is -1.85. The third kappa shape index (κ3) is 2.62. The third-order valence-corrected chi connectivity index (χ3v) is 2.80. The standard InChI is InChI=1S/C12H7Cl3O/c13-8-4-6-9(7-5-8)16-12-10(14)2-1-3-11(12)15/h1-7H. The van der Waals surface area contributed by atoms with E-state index in [0.29, 0.717) is 26.6 Å². The summed E-state index contributed by atoms with van der Waals surface area (Å²) in [6, 6.07) is 12.2. The molecule has 2 aromatic rings. The first-order valence-corrected chi connectivity index (χ1v) is 5.67. The molecule has 0 saturated carbocycles. The molecule has 0 aliphatic heterocycles. The number of benzene rings is 2. The molecule has 16 heavy (non-hydrogen) atoms. The van der Waals surface area contributed by atoms with Gasteiger partial charge in [0.1, 0.15) is 5.75 Å². The van der Waals surface area contributed by atoms with Gasteiger partial charge in [-0.25, -0.2) is 0 Å². The van der Waals surface area contributed by atoms with Gasteiger partial charge in [-0.2, -0.15) is 0 Å². The largest absolute Gasteiger partial charge is 0.454 e. The minimum atomic E-state index is 0.452. The van der Waals surface area contributed by atoms with Crippen LogP contribution in [0.3, 0.4) is 0 Å². The molecule has 0 bridgehead atoms. The van der Waals surface area contributed by atoms with E-state index in [4.69, 9.17) is 39.5 Å². The SMILES string of the molecule is Clc1ccc(Oc2c(Cl)cccc2Cl)cc1. The topological polar surface area (TPSA) is 9.23 Å². The minimum absolute atomic E-state index is 0.452. The van der Waals surface area contributed by atoms with E-state index in [-0.39, 0.29) is 0 Å². The highest BCUT2D eigenvalue weighted by molar-refractivity contribution is 6.37. The van der Waals surface area contributed by atoms with Crippen LogP contribution in [0, 0.1) is 0 Å². The molecule has 4 heteroatoms. The van der Waals surface area contributed by atoms with E-state index < -0.39 is 0 Å². The highest BCUT2D eigenvalue weighted by atomic mass is 35.5. The summed E-state index contributed by atoms with van der Waals surface area (Å²) in [5.74, 6) is 1.09. The van der Waals surface area contributed by atoms with Crippen molar-refractivity contribution in [1.29, 1.82) is 0 Å². The fourth-order valence-electron chi connectivity index (χ4n) is 1.20. The van der Waals surface area contributed by atoms with Crippen LogP contribution in [0.4, 0.5) is 0 Å². The number of rotatable bonds is 2. The van der Waals surface area contributed by atoms with Crippen LogP contribution in [-0.4, -0.2) is 0 Å². The molecule has 0 saturated heterocycles. The van der Waals surface area contributed by atoms with Gasteiger partial charge < -0.3 is 4.74 Å². The molecular weight excluding hydrogens is 266 g/mol. The van der Waals surface area contributed by atoms with Crippen LogP contribution < -0.4 is 4.74 Å². The second kappa shape index (κ2) is 4.96. The van der Waals surface area contributed by atoms with Gasteiger partial charge in [-0.05, 0) is 36.4 Å². The van der Waals surface area contributed by atoms with E-state index in [1.807, 2.05) is 0 Å². The molecule has 1 nitrogen and oxygen atoms in total. The van der Waals surface area contributed by atoms with Crippen molar-refractivity contribution in [2.75, 3.05) is 0 Å². The summed E-state index contributed by atoms with van der Waals surface area (Å²) < 4.78 is 5.57. The lowest BCUT2D eigenvalue weighted by Gasteiger charge is -2.08. The Kier molecular flexibility index (Phi) is 3.59. The van der Waals surface area contributed by atoms with Crippen molar-refractivity contribution in [2.45, 2.75) is 0 Å². The predicted octanol–water partition coefficient (Wildman–Crippen LogP) is 5.44. The summed E-state index contributed by atoms with van der Waals surface area (Å²) in [6.07, 6.45) is 0. The van der Waals surface area contributed by atoms with E-state index in [1.54, 1.807) is 42.5 Å². The van der Waals surface area contributed by atoms with Crippen LogP contribution in [-0.2, 0) is 0 Å². The monoisotopic (exact) mass is 272 g/mol. The quantitative estimate of drug-likeness (QED) is 0.708. The summed E-state index contributed by atoms with van der Waals surface area (Å²) >= 11 is 17.7. The van der Waals surface area contributed by atoms with Gasteiger partial charge in [-0.15, -0.1) is 0 Å². The van der Waals surface area contributed by atoms with E-state index in [1.165, 1.54) is 0 Å². The summed E-state index contributed by atoms with van der Waals surface area (Å²) in [6.45, 7) is 0. The lowest BCUT2D eigenvalue weighted by atomic mass is 10.3. The van der Waals surface area contributed by atoms with Gasteiger partial charge in [0.25, 0.3) is 0 Å². The second-order valence-corrected chi connectivity index (χ2v) is 4.36. The molecule has 0 spiro atoms. The molecule has 0 aliphatic rings. The van der Waals surface area contributed by atoms with Gasteiger partial charge in [-0.1, -0.05) is 40.9 Å². The molecular formula is C12H7Cl3O. The van der Waals surface area contributed by atoms with Crippen LogP contribution in [0.5, 0.6) is 11.5 Å². The molecule has 0 atom stereocenters. The average Bonchev–Trinajstić information content (AvgIpc) is 2.26. The molecule has 0 aliphatic carbocycles. The fourth-order valence-corrected chi connectivity index (χ4v) is 1.80. The van der Waals surface area contributed by atoms with Crippen molar-refractivity contribution in [3.05, 3.63) is 57.5 Å². The van der Waals surface area contributed by atoms with Crippen molar-refractivity contribution >= 4 is 34.8 Å². The first-order chi connectivity index (χ1) is 7.66. The Morgan fingerprint density at radius 3 is 1.88 bits per heavy atom. The zero-order valence-electron chi connectivity index (χ0n) is 8.08. The van der Waals surface area contributed by atoms with Crippen LogP contribution >= 0.6 is 34.8 Å². The van der Waals surface area contributed by atoms with E-state index in [9.17, 15) is 0 Å². The summed E-state index contributed by atoms with van der Waals surface area (Å²) in [4.78, 5) is 0. The number of halogens is 3. The number of ether oxygens (including phenoxy) is 1. The first kappa shape index (κ1) is 11.6. The highest BCUT2D eigenvalue weighted by Crippen LogP contribution is 2.36. The van der Waals surface area contributed by atoms with Crippen LogP contribution in [0.15, 0.2) is 42.5 Å². The highest BCUT2D eigenvalue weighted by Gasteiger charge is 2.07. The molecule has 0 heterocycles. The molecule has 82 valence electrons. The Morgan fingerprint density at radius 1 is 0.750 bits per heavy atom. The average molecular weight is 274 g/mol. The molecule has 0 N–H and O–H groups in total. The van der Waals surface area contributed by atoms with Crippen LogP contribution in [0.25, 0.3) is 0 Å². The van der Waals surface area contributed by atoms with Gasteiger partial charge in [0.05, 0.1) is 10.0 Å². The van der Waals surface area contributed by atoms with Crippen molar-refractivity contribution in [3.63, 3.8) is 0 Å². The molecule has 0 amide bonds. The van der Waals surface area contributed by atoms with E-state index in [2.05, 4.69) is 0 Å². The number of hydrogen-bond acceptors (Lipinski definition) is 1. The summed E-state index contributed by atoms with van der Waals surface area (Å²) in [7, 11) is 0. The zero-order valence-corrected chi connectivity index (χ0v) is 10.4. The molecule has 0 unspecified atom stereocenters. The maximum absolute atomic E-state index is 5.98.